The second-order valence-corrected chi connectivity index (χ2v) is 5.66. The van der Waals surface area contributed by atoms with Crippen molar-refractivity contribution >= 4 is 11.7 Å². The smallest absolute Gasteiger partial charge is 0.322 e. The van der Waals surface area contributed by atoms with Crippen LogP contribution in [0.15, 0.2) is 24.3 Å². The number of alkyl halides is 3. The molecule has 2 amide bonds. The van der Waals surface area contributed by atoms with Gasteiger partial charge in [-0.05, 0) is 25.1 Å². The minimum Gasteiger partial charge on any atom is -0.322 e. The molecule has 1 aliphatic rings. The van der Waals surface area contributed by atoms with Gasteiger partial charge in [0.25, 0.3) is 0 Å². The highest BCUT2D eigenvalue weighted by Crippen LogP contribution is 2.34. The van der Waals surface area contributed by atoms with Crippen molar-refractivity contribution in [2.45, 2.75) is 25.9 Å². The van der Waals surface area contributed by atoms with Crippen LogP contribution in [0.25, 0.3) is 0 Å². The van der Waals surface area contributed by atoms with Crippen LogP contribution in [0.4, 0.5) is 23.7 Å². The summed E-state index contributed by atoms with van der Waals surface area (Å²) in [6.45, 7) is 5.71. The van der Waals surface area contributed by atoms with E-state index in [1.54, 1.807) is 4.90 Å². The van der Waals surface area contributed by atoms with Gasteiger partial charge in [-0.1, -0.05) is 25.5 Å². The van der Waals surface area contributed by atoms with Gasteiger partial charge in [-0.15, -0.1) is 0 Å². The number of para-hydroxylation sites is 1. The van der Waals surface area contributed by atoms with Crippen LogP contribution in [0.3, 0.4) is 0 Å². The van der Waals surface area contributed by atoms with Crippen LogP contribution in [0.5, 0.6) is 0 Å². The van der Waals surface area contributed by atoms with E-state index >= 15 is 0 Å². The molecular weight excluding hydrogens is 307 g/mol. The van der Waals surface area contributed by atoms with Crippen molar-refractivity contribution in [2.75, 3.05) is 38.0 Å². The molecule has 0 unspecified atom stereocenters. The van der Waals surface area contributed by atoms with Crippen molar-refractivity contribution in [2.24, 2.45) is 0 Å². The maximum Gasteiger partial charge on any atom is 0.418 e. The number of rotatable bonds is 4. The molecule has 23 heavy (non-hydrogen) atoms. The fraction of sp³-hybridized carbons (Fsp3) is 0.562. The third kappa shape index (κ3) is 4.86. The Bertz CT molecular complexity index is 526. The van der Waals surface area contributed by atoms with E-state index in [1.165, 1.54) is 18.2 Å². The first-order valence-electron chi connectivity index (χ1n) is 7.86. The van der Waals surface area contributed by atoms with Crippen molar-refractivity contribution in [3.05, 3.63) is 29.8 Å². The summed E-state index contributed by atoms with van der Waals surface area (Å²) in [4.78, 5) is 16.0. The summed E-state index contributed by atoms with van der Waals surface area (Å²) in [5.74, 6) is 0. The number of amides is 2. The largest absolute Gasteiger partial charge is 0.418 e. The van der Waals surface area contributed by atoms with Gasteiger partial charge in [0.1, 0.15) is 0 Å². The number of urea groups is 1. The zero-order chi connectivity index (χ0) is 16.9. The number of benzene rings is 1. The van der Waals surface area contributed by atoms with Crippen LogP contribution >= 0.6 is 0 Å². The Hall–Kier alpha value is -1.76. The van der Waals surface area contributed by atoms with E-state index in [1.807, 2.05) is 0 Å². The summed E-state index contributed by atoms with van der Waals surface area (Å²) in [6.07, 6.45) is -2.25. The number of nitrogens with one attached hydrogen (secondary N) is 1. The van der Waals surface area contributed by atoms with Crippen molar-refractivity contribution in [1.82, 2.24) is 9.80 Å². The number of carbonyl (C=O) groups is 1. The molecule has 7 heteroatoms. The lowest BCUT2D eigenvalue weighted by molar-refractivity contribution is -0.136. The number of carbonyl (C=O) groups excluding carboxylic acids is 1. The molecule has 0 aromatic heterocycles. The highest BCUT2D eigenvalue weighted by atomic mass is 19.4. The van der Waals surface area contributed by atoms with Gasteiger partial charge in [0.05, 0.1) is 11.3 Å². The molecule has 0 aliphatic carbocycles. The Morgan fingerprint density at radius 3 is 2.43 bits per heavy atom. The molecule has 0 saturated carbocycles. The van der Waals surface area contributed by atoms with Gasteiger partial charge < -0.3 is 10.2 Å². The summed E-state index contributed by atoms with van der Waals surface area (Å²) >= 11 is 0. The SMILES string of the molecule is CCCCN1CCN(C(=O)Nc2ccccc2C(F)(F)F)CC1. The Morgan fingerprint density at radius 2 is 1.83 bits per heavy atom. The average Bonchev–Trinajstić information content (AvgIpc) is 2.53. The van der Waals surface area contributed by atoms with Gasteiger partial charge in [-0.3, -0.25) is 4.90 Å². The maximum absolute atomic E-state index is 12.9. The molecule has 0 radical (unpaired) electrons. The van der Waals surface area contributed by atoms with Crippen molar-refractivity contribution in [3.63, 3.8) is 0 Å². The van der Waals surface area contributed by atoms with E-state index in [-0.39, 0.29) is 5.69 Å². The summed E-state index contributed by atoms with van der Waals surface area (Å²) < 4.78 is 38.8. The molecule has 0 atom stereocenters. The molecule has 1 saturated heterocycles. The molecule has 1 aliphatic heterocycles. The molecule has 4 nitrogen and oxygen atoms in total. The molecule has 1 aromatic rings. The Kier molecular flexibility index (Phi) is 5.87. The average molecular weight is 329 g/mol. The lowest BCUT2D eigenvalue weighted by Gasteiger charge is -2.34. The van der Waals surface area contributed by atoms with Gasteiger partial charge >= 0.3 is 12.2 Å². The number of anilines is 1. The lowest BCUT2D eigenvalue weighted by atomic mass is 10.1. The number of unbranched alkanes of at least 4 members (excludes halogenated alkanes) is 1. The fourth-order valence-electron chi connectivity index (χ4n) is 2.59. The first kappa shape index (κ1) is 17.6. The van der Waals surface area contributed by atoms with E-state index in [4.69, 9.17) is 0 Å². The van der Waals surface area contributed by atoms with E-state index in [0.717, 1.165) is 38.5 Å². The minimum absolute atomic E-state index is 0.196. The van der Waals surface area contributed by atoms with Crippen molar-refractivity contribution in [1.29, 1.82) is 0 Å². The predicted molar refractivity (Wildman–Crippen MR) is 83.4 cm³/mol. The van der Waals surface area contributed by atoms with E-state index in [9.17, 15) is 18.0 Å². The molecule has 1 aromatic carbocycles. The molecular formula is C16H22F3N3O. The van der Waals surface area contributed by atoms with Gasteiger partial charge in [-0.2, -0.15) is 13.2 Å². The molecule has 0 bridgehead atoms. The monoisotopic (exact) mass is 329 g/mol. The number of nitrogens with zero attached hydrogens (tertiary/aromatic N) is 2. The molecule has 1 fully saturated rings. The lowest BCUT2D eigenvalue weighted by Crippen LogP contribution is -2.50. The van der Waals surface area contributed by atoms with Crippen molar-refractivity contribution in [3.8, 4) is 0 Å². The standard InChI is InChI=1S/C16H22F3N3O/c1-2-3-8-21-9-11-22(12-10-21)15(23)20-14-7-5-4-6-13(14)16(17,18)19/h4-7H,2-3,8-12H2,1H3,(H,20,23). The molecule has 0 spiro atoms. The quantitative estimate of drug-likeness (QED) is 0.915. The highest BCUT2D eigenvalue weighted by molar-refractivity contribution is 5.90. The maximum atomic E-state index is 12.9. The van der Waals surface area contributed by atoms with Gasteiger partial charge in [0.15, 0.2) is 0 Å². The first-order valence-corrected chi connectivity index (χ1v) is 7.86. The minimum atomic E-state index is -4.48. The van der Waals surface area contributed by atoms with Crippen LogP contribution in [0, 0.1) is 0 Å². The summed E-state index contributed by atoms with van der Waals surface area (Å²) in [5, 5.41) is 2.39. The van der Waals surface area contributed by atoms with Gasteiger partial charge in [0, 0.05) is 26.2 Å². The van der Waals surface area contributed by atoms with E-state index in [2.05, 4.69) is 17.1 Å². The number of hydrogen-bond donors (Lipinski definition) is 1. The summed E-state index contributed by atoms with van der Waals surface area (Å²) in [6, 6.07) is 4.56. The Balaban J connectivity index is 1.94. The van der Waals surface area contributed by atoms with E-state index in [0.29, 0.717) is 13.1 Å². The second kappa shape index (κ2) is 7.68. The summed E-state index contributed by atoms with van der Waals surface area (Å²) in [5.41, 5.74) is -1.02. The molecule has 2 rings (SSSR count). The number of halogens is 3. The first-order chi connectivity index (χ1) is 10.9. The Morgan fingerprint density at radius 1 is 1.17 bits per heavy atom. The third-order valence-electron chi connectivity index (χ3n) is 3.96. The number of piperazine rings is 1. The zero-order valence-corrected chi connectivity index (χ0v) is 13.2. The number of hydrogen-bond acceptors (Lipinski definition) is 2. The van der Waals surface area contributed by atoms with Crippen LogP contribution in [0.1, 0.15) is 25.3 Å². The summed E-state index contributed by atoms with van der Waals surface area (Å²) in [7, 11) is 0. The van der Waals surface area contributed by atoms with Gasteiger partial charge in [0.2, 0.25) is 0 Å². The molecule has 1 heterocycles. The van der Waals surface area contributed by atoms with Crippen LogP contribution in [0.2, 0.25) is 0 Å². The Labute approximate surface area is 134 Å². The molecule has 128 valence electrons. The molecule has 1 N–H and O–H groups in total. The highest BCUT2D eigenvalue weighted by Gasteiger charge is 2.34. The fourth-order valence-corrected chi connectivity index (χ4v) is 2.59. The predicted octanol–water partition coefficient (Wildman–Crippen LogP) is 3.66. The normalized spacial score (nSPS) is 16.4. The second-order valence-electron chi connectivity index (χ2n) is 5.66. The van der Waals surface area contributed by atoms with Crippen molar-refractivity contribution < 1.29 is 18.0 Å². The van der Waals surface area contributed by atoms with Gasteiger partial charge in [-0.25, -0.2) is 4.79 Å². The van der Waals surface area contributed by atoms with Crippen LogP contribution < -0.4 is 5.32 Å². The topological polar surface area (TPSA) is 35.6 Å². The zero-order valence-electron chi connectivity index (χ0n) is 13.2. The third-order valence-corrected chi connectivity index (χ3v) is 3.96. The van der Waals surface area contributed by atoms with E-state index < -0.39 is 17.8 Å². The van der Waals surface area contributed by atoms with Crippen LogP contribution in [-0.2, 0) is 6.18 Å². The van der Waals surface area contributed by atoms with Crippen LogP contribution in [-0.4, -0.2) is 48.6 Å².